The SMILES string of the molecule is CC[C@@H](NC(=O)c1ccc2c(c1)C(=C(Nc1ccc(NC(=O)Nc3ccc(O)cc3)cc1)c1ccccc1)C(=O)N2)c1ccccc1. The third-order valence-electron chi connectivity index (χ3n) is 7.79. The van der Waals surface area contributed by atoms with Crippen LogP contribution in [0.25, 0.3) is 11.3 Å². The van der Waals surface area contributed by atoms with Crippen molar-refractivity contribution in [2.24, 2.45) is 0 Å². The molecule has 1 aliphatic rings. The zero-order chi connectivity index (χ0) is 32.8. The fraction of sp³-hybridized carbons (Fsp3) is 0.0789. The second kappa shape index (κ2) is 13.7. The molecule has 6 rings (SSSR count). The van der Waals surface area contributed by atoms with Gasteiger partial charge in [0, 0.05) is 33.9 Å². The molecular weight excluding hydrogens is 590 g/mol. The Morgan fingerprint density at radius 2 is 1.28 bits per heavy atom. The van der Waals surface area contributed by atoms with E-state index in [0.717, 1.165) is 17.5 Å². The Morgan fingerprint density at radius 1 is 0.702 bits per heavy atom. The van der Waals surface area contributed by atoms with E-state index in [2.05, 4.69) is 26.6 Å². The Bertz CT molecular complexity index is 1940. The van der Waals surface area contributed by atoms with E-state index in [4.69, 9.17) is 0 Å². The minimum Gasteiger partial charge on any atom is -0.508 e. The van der Waals surface area contributed by atoms with Gasteiger partial charge in [0.15, 0.2) is 0 Å². The average molecular weight is 624 g/mol. The number of urea groups is 1. The number of benzene rings is 5. The molecule has 0 saturated carbocycles. The number of aromatic hydroxyl groups is 1. The molecule has 9 heteroatoms. The van der Waals surface area contributed by atoms with Gasteiger partial charge < -0.3 is 31.7 Å². The van der Waals surface area contributed by atoms with Gasteiger partial charge in [-0.2, -0.15) is 0 Å². The lowest BCUT2D eigenvalue weighted by atomic mass is 9.98. The summed E-state index contributed by atoms with van der Waals surface area (Å²) in [7, 11) is 0. The van der Waals surface area contributed by atoms with Crippen LogP contribution in [-0.4, -0.2) is 23.0 Å². The predicted molar refractivity (Wildman–Crippen MR) is 186 cm³/mol. The van der Waals surface area contributed by atoms with Crippen molar-refractivity contribution in [2.45, 2.75) is 19.4 Å². The molecule has 1 aliphatic heterocycles. The molecule has 1 heterocycles. The number of amides is 4. The van der Waals surface area contributed by atoms with Gasteiger partial charge >= 0.3 is 6.03 Å². The second-order valence-corrected chi connectivity index (χ2v) is 11.0. The third kappa shape index (κ3) is 7.15. The summed E-state index contributed by atoms with van der Waals surface area (Å²) in [5.74, 6) is -0.407. The van der Waals surface area contributed by atoms with Gasteiger partial charge in [0.2, 0.25) is 0 Å². The van der Waals surface area contributed by atoms with Crippen LogP contribution in [0.1, 0.15) is 46.4 Å². The van der Waals surface area contributed by atoms with Crippen molar-refractivity contribution < 1.29 is 19.5 Å². The van der Waals surface area contributed by atoms with Gasteiger partial charge in [-0.15, -0.1) is 0 Å². The van der Waals surface area contributed by atoms with Crippen LogP contribution in [0.15, 0.2) is 127 Å². The molecule has 234 valence electrons. The van der Waals surface area contributed by atoms with E-state index in [9.17, 15) is 19.5 Å². The molecule has 0 spiro atoms. The first-order chi connectivity index (χ1) is 22.9. The number of carbonyl (C=O) groups is 3. The number of hydrogen-bond acceptors (Lipinski definition) is 5. The molecule has 5 aromatic carbocycles. The van der Waals surface area contributed by atoms with Crippen LogP contribution in [0.5, 0.6) is 5.75 Å². The molecule has 0 bridgehead atoms. The van der Waals surface area contributed by atoms with E-state index in [1.165, 1.54) is 12.1 Å². The number of fused-ring (bicyclic) bond motifs is 1. The Labute approximate surface area is 272 Å². The summed E-state index contributed by atoms with van der Waals surface area (Å²) in [6.45, 7) is 2.02. The van der Waals surface area contributed by atoms with Crippen LogP contribution in [0.3, 0.4) is 0 Å². The molecule has 0 saturated heterocycles. The number of phenolic OH excluding ortho intramolecular Hbond substituents is 1. The van der Waals surface area contributed by atoms with E-state index in [-0.39, 0.29) is 23.6 Å². The maximum absolute atomic E-state index is 13.5. The van der Waals surface area contributed by atoms with Gasteiger partial charge in [0.25, 0.3) is 11.8 Å². The number of hydrogen-bond donors (Lipinski definition) is 6. The number of anilines is 4. The van der Waals surface area contributed by atoms with E-state index in [1.54, 1.807) is 54.6 Å². The van der Waals surface area contributed by atoms with Gasteiger partial charge in [-0.05, 0) is 84.3 Å². The molecule has 5 aromatic rings. The quantitative estimate of drug-likeness (QED) is 0.0735. The van der Waals surface area contributed by atoms with Crippen LogP contribution in [0.2, 0.25) is 0 Å². The molecule has 0 fully saturated rings. The van der Waals surface area contributed by atoms with Crippen molar-refractivity contribution in [3.05, 3.63) is 150 Å². The fourth-order valence-corrected chi connectivity index (χ4v) is 5.41. The molecule has 1 atom stereocenters. The monoisotopic (exact) mass is 623 g/mol. The topological polar surface area (TPSA) is 132 Å². The maximum Gasteiger partial charge on any atom is 0.323 e. The van der Waals surface area contributed by atoms with Crippen LogP contribution < -0.4 is 26.6 Å². The maximum atomic E-state index is 13.5. The molecule has 0 aromatic heterocycles. The van der Waals surface area contributed by atoms with Crippen LogP contribution in [-0.2, 0) is 4.79 Å². The first kappa shape index (κ1) is 30.7. The van der Waals surface area contributed by atoms with E-state index in [1.807, 2.05) is 67.6 Å². The van der Waals surface area contributed by atoms with Crippen LogP contribution in [0.4, 0.5) is 27.5 Å². The fourth-order valence-electron chi connectivity index (χ4n) is 5.41. The van der Waals surface area contributed by atoms with Crippen LogP contribution >= 0.6 is 0 Å². The summed E-state index contributed by atoms with van der Waals surface area (Å²) < 4.78 is 0. The third-order valence-corrected chi connectivity index (χ3v) is 7.79. The number of phenols is 1. The zero-order valence-corrected chi connectivity index (χ0v) is 25.6. The molecule has 0 radical (unpaired) electrons. The van der Waals surface area contributed by atoms with Crippen LogP contribution in [0, 0.1) is 0 Å². The standard InChI is InChI=1S/C38H33N5O4/c1-2-32(24-9-5-3-6-10-24)42-36(45)26-13-22-33-31(23-26)34(37(46)43-33)35(25-11-7-4-8-12-25)39-27-14-16-28(17-15-27)40-38(47)41-29-18-20-30(44)21-19-29/h3-23,32,39,44H,2H2,1H3,(H,42,45)(H,43,46)(H2,40,41,47)/t32-/m1/s1. The first-order valence-corrected chi connectivity index (χ1v) is 15.2. The Kier molecular flexibility index (Phi) is 8.97. The molecule has 0 aliphatic carbocycles. The van der Waals surface area contributed by atoms with E-state index < -0.39 is 6.03 Å². The van der Waals surface area contributed by atoms with Crippen molar-refractivity contribution >= 4 is 51.9 Å². The first-order valence-electron chi connectivity index (χ1n) is 15.2. The Balaban J connectivity index is 1.26. The van der Waals surface area contributed by atoms with E-state index >= 15 is 0 Å². The lowest BCUT2D eigenvalue weighted by Gasteiger charge is -2.18. The minimum atomic E-state index is -0.434. The molecule has 47 heavy (non-hydrogen) atoms. The highest BCUT2D eigenvalue weighted by Gasteiger charge is 2.30. The van der Waals surface area contributed by atoms with Gasteiger partial charge in [0.05, 0.1) is 17.3 Å². The van der Waals surface area contributed by atoms with Gasteiger partial charge in [-0.1, -0.05) is 67.6 Å². The Hall–Kier alpha value is -6.35. The summed E-state index contributed by atoms with van der Waals surface area (Å²) in [5, 5.41) is 24.4. The summed E-state index contributed by atoms with van der Waals surface area (Å²) in [4.78, 5) is 39.4. The average Bonchev–Trinajstić information content (AvgIpc) is 3.43. The molecule has 6 N–H and O–H groups in total. The van der Waals surface area contributed by atoms with Crippen molar-refractivity contribution in [1.29, 1.82) is 0 Å². The van der Waals surface area contributed by atoms with Crippen molar-refractivity contribution in [3.63, 3.8) is 0 Å². The molecule has 9 nitrogen and oxygen atoms in total. The molecule has 4 amide bonds. The summed E-state index contributed by atoms with van der Waals surface area (Å²) in [6.07, 6.45) is 0.728. The van der Waals surface area contributed by atoms with Gasteiger partial charge in [-0.3, -0.25) is 9.59 Å². The largest absolute Gasteiger partial charge is 0.508 e. The smallest absolute Gasteiger partial charge is 0.323 e. The zero-order valence-electron chi connectivity index (χ0n) is 25.6. The lowest BCUT2D eigenvalue weighted by molar-refractivity contribution is -0.110. The van der Waals surface area contributed by atoms with Crippen molar-refractivity contribution in [2.75, 3.05) is 21.3 Å². The van der Waals surface area contributed by atoms with Gasteiger partial charge in [0.1, 0.15) is 5.75 Å². The highest BCUT2D eigenvalue weighted by Crippen LogP contribution is 2.38. The number of carbonyl (C=O) groups excluding carboxylic acids is 3. The summed E-state index contributed by atoms with van der Waals surface area (Å²) in [5.41, 5.74) is 6.24. The number of rotatable bonds is 9. The highest BCUT2D eigenvalue weighted by molar-refractivity contribution is 6.37. The predicted octanol–water partition coefficient (Wildman–Crippen LogP) is 7.85. The van der Waals surface area contributed by atoms with Crippen molar-refractivity contribution in [3.8, 4) is 5.75 Å². The minimum absolute atomic E-state index is 0.109. The molecule has 0 unspecified atom stereocenters. The van der Waals surface area contributed by atoms with E-state index in [0.29, 0.717) is 45.1 Å². The number of nitrogens with one attached hydrogen (secondary N) is 5. The normalized spacial score (nSPS) is 13.5. The summed E-state index contributed by atoms with van der Waals surface area (Å²) >= 11 is 0. The Morgan fingerprint density at radius 3 is 1.89 bits per heavy atom. The molecular formula is C38H33N5O4. The van der Waals surface area contributed by atoms with Gasteiger partial charge in [-0.25, -0.2) is 4.79 Å². The second-order valence-electron chi connectivity index (χ2n) is 11.0. The highest BCUT2D eigenvalue weighted by atomic mass is 16.3. The summed E-state index contributed by atoms with van der Waals surface area (Å²) in [6, 6.07) is 37.2. The lowest BCUT2D eigenvalue weighted by Crippen LogP contribution is -2.28. The van der Waals surface area contributed by atoms with Crippen molar-refractivity contribution in [1.82, 2.24) is 5.32 Å².